The van der Waals surface area contributed by atoms with Crippen LogP contribution in [0.5, 0.6) is 0 Å². The fourth-order valence-corrected chi connectivity index (χ4v) is 1.85. The van der Waals surface area contributed by atoms with Gasteiger partial charge in [-0.05, 0) is 33.4 Å². The number of nitrogens with one attached hydrogen (secondary N) is 1. The number of nitrogens with zero attached hydrogens (tertiary/aromatic N) is 1. The van der Waals surface area contributed by atoms with Crippen molar-refractivity contribution in [3.8, 4) is 0 Å². The van der Waals surface area contributed by atoms with Gasteiger partial charge in [-0.1, -0.05) is 0 Å². The Morgan fingerprint density at radius 1 is 1.40 bits per heavy atom. The third kappa shape index (κ3) is 4.42. The number of amides is 1. The molecule has 1 aliphatic heterocycles. The number of hydrogen-bond donors (Lipinski definition) is 1. The first-order chi connectivity index (χ1) is 7.09. The topological polar surface area (TPSA) is 49.4 Å². The summed E-state index contributed by atoms with van der Waals surface area (Å²) < 4.78 is 0. The molecular weight excluding hydrogens is 192 g/mol. The highest BCUT2D eigenvalue weighted by Crippen LogP contribution is 2.13. The standard InChI is InChI=1S/C11H20N2O2/c1-9(14)5-6-11(15)12-8-10-4-3-7-13(10)2/h10H,3-8H2,1-2H3,(H,12,15). The second-order valence-corrected chi connectivity index (χ2v) is 4.28. The van der Waals surface area contributed by atoms with Crippen LogP contribution in [0.2, 0.25) is 0 Å². The molecule has 1 aliphatic rings. The van der Waals surface area contributed by atoms with E-state index in [1.807, 2.05) is 0 Å². The van der Waals surface area contributed by atoms with Gasteiger partial charge in [0.25, 0.3) is 0 Å². The molecule has 1 heterocycles. The quantitative estimate of drug-likeness (QED) is 0.724. The van der Waals surface area contributed by atoms with Crippen molar-refractivity contribution in [2.75, 3.05) is 20.1 Å². The molecule has 0 aromatic rings. The van der Waals surface area contributed by atoms with Gasteiger partial charge in [0.2, 0.25) is 5.91 Å². The normalized spacial score (nSPS) is 21.6. The first kappa shape index (κ1) is 12.2. The van der Waals surface area contributed by atoms with Gasteiger partial charge in [-0.2, -0.15) is 0 Å². The highest BCUT2D eigenvalue weighted by Gasteiger charge is 2.20. The van der Waals surface area contributed by atoms with E-state index in [0.29, 0.717) is 25.4 Å². The van der Waals surface area contributed by atoms with Gasteiger partial charge in [-0.3, -0.25) is 4.79 Å². The van der Waals surface area contributed by atoms with Crippen molar-refractivity contribution in [3.05, 3.63) is 0 Å². The summed E-state index contributed by atoms with van der Waals surface area (Å²) in [6.07, 6.45) is 3.05. The summed E-state index contributed by atoms with van der Waals surface area (Å²) in [6, 6.07) is 0.478. The Labute approximate surface area is 91.0 Å². The molecule has 0 spiro atoms. The van der Waals surface area contributed by atoms with Crippen LogP contribution in [0.1, 0.15) is 32.6 Å². The zero-order valence-corrected chi connectivity index (χ0v) is 9.58. The number of rotatable bonds is 5. The van der Waals surface area contributed by atoms with E-state index in [9.17, 15) is 9.59 Å². The minimum absolute atomic E-state index is 0.00880. The van der Waals surface area contributed by atoms with Gasteiger partial charge in [0.15, 0.2) is 0 Å². The highest BCUT2D eigenvalue weighted by atomic mass is 16.2. The van der Waals surface area contributed by atoms with E-state index in [1.54, 1.807) is 0 Å². The summed E-state index contributed by atoms with van der Waals surface area (Å²) in [6.45, 7) is 3.35. The monoisotopic (exact) mass is 212 g/mol. The van der Waals surface area contributed by atoms with Crippen molar-refractivity contribution >= 4 is 11.7 Å². The largest absolute Gasteiger partial charge is 0.355 e. The molecule has 1 rings (SSSR count). The summed E-state index contributed by atoms with van der Waals surface area (Å²) in [4.78, 5) is 24.3. The molecule has 0 bridgehead atoms. The lowest BCUT2D eigenvalue weighted by Crippen LogP contribution is -2.38. The summed E-state index contributed by atoms with van der Waals surface area (Å²) in [5.41, 5.74) is 0. The average molecular weight is 212 g/mol. The fraction of sp³-hybridized carbons (Fsp3) is 0.818. The van der Waals surface area contributed by atoms with Gasteiger partial charge in [0, 0.05) is 25.4 Å². The molecule has 4 nitrogen and oxygen atoms in total. The predicted molar refractivity (Wildman–Crippen MR) is 58.6 cm³/mol. The van der Waals surface area contributed by atoms with E-state index < -0.39 is 0 Å². The second kappa shape index (κ2) is 5.85. The molecule has 0 aromatic heterocycles. The molecule has 1 fully saturated rings. The van der Waals surface area contributed by atoms with Gasteiger partial charge >= 0.3 is 0 Å². The van der Waals surface area contributed by atoms with Crippen LogP contribution in [-0.2, 0) is 9.59 Å². The number of carbonyl (C=O) groups excluding carboxylic acids is 2. The number of likely N-dealkylation sites (N-methyl/N-ethyl adjacent to an activating group) is 1. The Balaban J connectivity index is 2.13. The summed E-state index contributed by atoms with van der Waals surface area (Å²) in [5, 5.41) is 2.88. The van der Waals surface area contributed by atoms with E-state index in [1.165, 1.54) is 13.3 Å². The lowest BCUT2D eigenvalue weighted by atomic mass is 10.2. The van der Waals surface area contributed by atoms with Crippen molar-refractivity contribution < 1.29 is 9.59 Å². The summed E-state index contributed by atoms with van der Waals surface area (Å²) in [7, 11) is 2.08. The minimum Gasteiger partial charge on any atom is -0.355 e. The van der Waals surface area contributed by atoms with Gasteiger partial charge in [0.05, 0.1) is 0 Å². The molecule has 15 heavy (non-hydrogen) atoms. The van der Waals surface area contributed by atoms with Crippen LogP contribution in [0, 0.1) is 0 Å². The zero-order chi connectivity index (χ0) is 11.3. The lowest BCUT2D eigenvalue weighted by Gasteiger charge is -2.19. The van der Waals surface area contributed by atoms with Crippen LogP contribution in [0.4, 0.5) is 0 Å². The molecule has 0 aromatic carbocycles. The molecule has 86 valence electrons. The van der Waals surface area contributed by atoms with Gasteiger partial charge in [0.1, 0.15) is 5.78 Å². The van der Waals surface area contributed by atoms with E-state index in [4.69, 9.17) is 0 Å². The van der Waals surface area contributed by atoms with E-state index >= 15 is 0 Å². The fourth-order valence-electron chi connectivity index (χ4n) is 1.85. The van der Waals surface area contributed by atoms with Crippen LogP contribution in [-0.4, -0.2) is 42.8 Å². The zero-order valence-electron chi connectivity index (χ0n) is 9.58. The Bertz CT molecular complexity index is 241. The molecule has 1 saturated heterocycles. The van der Waals surface area contributed by atoms with Crippen LogP contribution in [0.15, 0.2) is 0 Å². The SMILES string of the molecule is CC(=O)CCC(=O)NCC1CCCN1C. The molecule has 0 saturated carbocycles. The maximum Gasteiger partial charge on any atom is 0.220 e. The van der Waals surface area contributed by atoms with E-state index in [0.717, 1.165) is 13.0 Å². The van der Waals surface area contributed by atoms with Crippen molar-refractivity contribution in [1.82, 2.24) is 10.2 Å². The van der Waals surface area contributed by atoms with Gasteiger partial charge in [-0.15, -0.1) is 0 Å². The van der Waals surface area contributed by atoms with Crippen molar-refractivity contribution in [3.63, 3.8) is 0 Å². The van der Waals surface area contributed by atoms with Crippen molar-refractivity contribution in [1.29, 1.82) is 0 Å². The van der Waals surface area contributed by atoms with Crippen molar-refractivity contribution in [2.24, 2.45) is 0 Å². The second-order valence-electron chi connectivity index (χ2n) is 4.28. The molecule has 0 radical (unpaired) electrons. The predicted octanol–water partition coefficient (Wildman–Crippen LogP) is 0.566. The molecule has 1 unspecified atom stereocenters. The summed E-state index contributed by atoms with van der Waals surface area (Å²) in [5.74, 6) is 0.0636. The minimum atomic E-state index is -0.00880. The number of likely N-dealkylation sites (tertiary alicyclic amines) is 1. The number of ketones is 1. The Morgan fingerprint density at radius 2 is 2.13 bits per heavy atom. The van der Waals surface area contributed by atoms with Crippen molar-refractivity contribution in [2.45, 2.75) is 38.6 Å². The van der Waals surface area contributed by atoms with E-state index in [2.05, 4.69) is 17.3 Å². The molecule has 0 aliphatic carbocycles. The maximum absolute atomic E-state index is 11.3. The number of hydrogen-bond acceptors (Lipinski definition) is 3. The molecule has 1 amide bonds. The number of Topliss-reactive ketones (excluding diaryl/α,β-unsaturated/α-hetero) is 1. The third-order valence-corrected chi connectivity index (χ3v) is 2.91. The molecular formula is C11H20N2O2. The Kier molecular flexibility index (Phi) is 4.75. The molecule has 1 atom stereocenters. The summed E-state index contributed by atoms with van der Waals surface area (Å²) >= 11 is 0. The van der Waals surface area contributed by atoms with Crippen LogP contribution < -0.4 is 5.32 Å². The Hall–Kier alpha value is -0.900. The van der Waals surface area contributed by atoms with Crippen LogP contribution in [0.3, 0.4) is 0 Å². The van der Waals surface area contributed by atoms with Gasteiger partial charge in [-0.25, -0.2) is 0 Å². The smallest absolute Gasteiger partial charge is 0.220 e. The first-order valence-electron chi connectivity index (χ1n) is 5.56. The average Bonchev–Trinajstić information content (AvgIpc) is 2.58. The van der Waals surface area contributed by atoms with Gasteiger partial charge < -0.3 is 15.0 Å². The highest BCUT2D eigenvalue weighted by molar-refractivity contribution is 5.83. The van der Waals surface area contributed by atoms with Crippen LogP contribution in [0.25, 0.3) is 0 Å². The molecule has 1 N–H and O–H groups in total. The lowest BCUT2D eigenvalue weighted by molar-refractivity contribution is -0.124. The molecule has 4 heteroatoms. The maximum atomic E-state index is 11.3. The van der Waals surface area contributed by atoms with E-state index in [-0.39, 0.29) is 11.7 Å². The number of carbonyl (C=O) groups is 2. The third-order valence-electron chi connectivity index (χ3n) is 2.91. The Morgan fingerprint density at radius 3 is 2.67 bits per heavy atom. The first-order valence-corrected chi connectivity index (χ1v) is 5.56. The van der Waals surface area contributed by atoms with Crippen LogP contribution >= 0.6 is 0 Å².